The highest BCUT2D eigenvalue weighted by atomic mass is 79.9. The Hall–Kier alpha value is -1.63. The zero-order valence-electron chi connectivity index (χ0n) is 10.2. The average Bonchev–Trinajstić information content (AvgIpc) is 2.79. The number of hydrogen-bond acceptors (Lipinski definition) is 3. The lowest BCUT2D eigenvalue weighted by Crippen LogP contribution is -2.53. The van der Waals surface area contributed by atoms with Gasteiger partial charge in [0.05, 0.1) is 6.04 Å². The second kappa shape index (κ2) is 4.80. The molecular weight excluding hydrogens is 312 g/mol. The molecule has 2 saturated heterocycles. The Morgan fingerprint density at radius 1 is 1.47 bits per heavy atom. The van der Waals surface area contributed by atoms with Crippen LogP contribution >= 0.6 is 15.9 Å². The summed E-state index contributed by atoms with van der Waals surface area (Å²) in [7, 11) is 0. The van der Waals surface area contributed by atoms with Crippen molar-refractivity contribution in [2.75, 3.05) is 26.2 Å². The fourth-order valence-electron chi connectivity index (χ4n) is 2.51. The molecule has 2 fully saturated rings. The van der Waals surface area contributed by atoms with Crippen LogP contribution < -0.4 is 5.32 Å². The standard InChI is InChI=1S/C12H13BrN4O2/c13-10-5-8(1-2-14-10)11(18)16-3-4-17-9(7-16)6-15-12(17)19/h1-2,5,9H,3-4,6-7H2,(H,15,19). The summed E-state index contributed by atoms with van der Waals surface area (Å²) in [4.78, 5) is 31.5. The Labute approximate surface area is 118 Å². The van der Waals surface area contributed by atoms with Gasteiger partial charge in [-0.1, -0.05) is 0 Å². The number of halogens is 1. The van der Waals surface area contributed by atoms with Crippen LogP contribution in [0.25, 0.3) is 0 Å². The van der Waals surface area contributed by atoms with Crippen molar-refractivity contribution in [3.8, 4) is 0 Å². The largest absolute Gasteiger partial charge is 0.336 e. The van der Waals surface area contributed by atoms with Crippen molar-refractivity contribution in [2.24, 2.45) is 0 Å². The lowest BCUT2D eigenvalue weighted by molar-refractivity contribution is 0.0617. The highest BCUT2D eigenvalue weighted by molar-refractivity contribution is 9.10. The van der Waals surface area contributed by atoms with Gasteiger partial charge in [0.1, 0.15) is 4.60 Å². The van der Waals surface area contributed by atoms with Crippen LogP contribution in [0.1, 0.15) is 10.4 Å². The van der Waals surface area contributed by atoms with Gasteiger partial charge >= 0.3 is 6.03 Å². The van der Waals surface area contributed by atoms with Crippen LogP contribution in [0.15, 0.2) is 22.9 Å². The quantitative estimate of drug-likeness (QED) is 0.773. The molecule has 3 amide bonds. The van der Waals surface area contributed by atoms with Gasteiger partial charge < -0.3 is 15.1 Å². The average molecular weight is 325 g/mol. The van der Waals surface area contributed by atoms with Crippen molar-refractivity contribution in [3.05, 3.63) is 28.5 Å². The van der Waals surface area contributed by atoms with Gasteiger partial charge in [-0.15, -0.1) is 0 Å². The Morgan fingerprint density at radius 2 is 2.32 bits per heavy atom. The first-order valence-electron chi connectivity index (χ1n) is 6.10. The van der Waals surface area contributed by atoms with Gasteiger partial charge in [-0.3, -0.25) is 4.79 Å². The van der Waals surface area contributed by atoms with Crippen molar-refractivity contribution in [3.63, 3.8) is 0 Å². The molecule has 2 aliphatic rings. The van der Waals surface area contributed by atoms with Gasteiger partial charge in [0.25, 0.3) is 5.91 Å². The number of urea groups is 1. The van der Waals surface area contributed by atoms with Crippen LogP contribution in [-0.2, 0) is 0 Å². The first kappa shape index (κ1) is 12.4. The normalized spacial score (nSPS) is 22.2. The molecule has 3 rings (SSSR count). The van der Waals surface area contributed by atoms with Crippen molar-refractivity contribution in [1.29, 1.82) is 0 Å². The maximum absolute atomic E-state index is 12.4. The van der Waals surface area contributed by atoms with E-state index in [0.29, 0.717) is 36.3 Å². The Bertz CT molecular complexity index is 536. The van der Waals surface area contributed by atoms with Crippen molar-refractivity contribution < 1.29 is 9.59 Å². The summed E-state index contributed by atoms with van der Waals surface area (Å²) in [6.45, 7) is 2.36. The molecule has 0 saturated carbocycles. The molecule has 3 heterocycles. The number of piperazine rings is 1. The molecule has 1 unspecified atom stereocenters. The van der Waals surface area contributed by atoms with Crippen LogP contribution in [0.5, 0.6) is 0 Å². The van der Waals surface area contributed by atoms with Crippen LogP contribution in [0, 0.1) is 0 Å². The van der Waals surface area contributed by atoms with Gasteiger partial charge in [0, 0.05) is 37.9 Å². The smallest absolute Gasteiger partial charge is 0.317 e. The summed E-state index contributed by atoms with van der Waals surface area (Å²) in [5, 5.41) is 2.80. The van der Waals surface area contributed by atoms with E-state index in [1.54, 1.807) is 28.1 Å². The van der Waals surface area contributed by atoms with Gasteiger partial charge in [-0.05, 0) is 28.1 Å². The Balaban J connectivity index is 1.74. The molecule has 0 aliphatic carbocycles. The topological polar surface area (TPSA) is 65.5 Å². The lowest BCUT2D eigenvalue weighted by Gasteiger charge is -2.36. The van der Waals surface area contributed by atoms with Gasteiger partial charge in [0.15, 0.2) is 0 Å². The predicted molar refractivity (Wildman–Crippen MR) is 71.7 cm³/mol. The number of nitrogens with one attached hydrogen (secondary N) is 1. The molecule has 0 radical (unpaired) electrons. The molecule has 100 valence electrons. The van der Waals surface area contributed by atoms with E-state index < -0.39 is 0 Å². The molecule has 2 aliphatic heterocycles. The third-order valence-electron chi connectivity index (χ3n) is 3.49. The summed E-state index contributed by atoms with van der Waals surface area (Å²) < 4.78 is 0.648. The molecule has 1 N–H and O–H groups in total. The Morgan fingerprint density at radius 3 is 3.11 bits per heavy atom. The van der Waals surface area contributed by atoms with Crippen LogP contribution in [0.2, 0.25) is 0 Å². The minimum absolute atomic E-state index is 0.0119. The molecule has 7 heteroatoms. The second-order valence-corrected chi connectivity index (χ2v) is 5.46. The van der Waals surface area contributed by atoms with E-state index in [1.165, 1.54) is 0 Å². The highest BCUT2D eigenvalue weighted by Gasteiger charge is 2.36. The number of rotatable bonds is 1. The minimum atomic E-state index is -0.0243. The minimum Gasteiger partial charge on any atom is -0.336 e. The van der Waals surface area contributed by atoms with Gasteiger partial charge in [0.2, 0.25) is 0 Å². The molecule has 0 bridgehead atoms. The molecule has 1 aromatic rings. The fraction of sp³-hybridized carbons (Fsp3) is 0.417. The number of carbonyl (C=O) groups is 2. The van der Waals surface area contributed by atoms with Gasteiger partial charge in [-0.2, -0.15) is 0 Å². The van der Waals surface area contributed by atoms with E-state index in [0.717, 1.165) is 0 Å². The number of fused-ring (bicyclic) bond motifs is 1. The van der Waals surface area contributed by atoms with E-state index in [2.05, 4.69) is 26.2 Å². The second-order valence-electron chi connectivity index (χ2n) is 4.65. The summed E-state index contributed by atoms with van der Waals surface area (Å²) in [6, 6.07) is 3.49. The Kier molecular flexibility index (Phi) is 3.14. The lowest BCUT2D eigenvalue weighted by atomic mass is 10.1. The van der Waals surface area contributed by atoms with E-state index in [-0.39, 0.29) is 18.0 Å². The molecule has 0 aromatic carbocycles. The first-order valence-corrected chi connectivity index (χ1v) is 6.90. The van der Waals surface area contributed by atoms with Gasteiger partial charge in [-0.25, -0.2) is 9.78 Å². The first-order chi connectivity index (χ1) is 9.15. The van der Waals surface area contributed by atoms with Crippen molar-refractivity contribution >= 4 is 27.9 Å². The van der Waals surface area contributed by atoms with Crippen LogP contribution in [-0.4, -0.2) is 58.9 Å². The van der Waals surface area contributed by atoms with E-state index in [1.807, 2.05) is 0 Å². The van der Waals surface area contributed by atoms with E-state index in [4.69, 9.17) is 0 Å². The summed E-state index contributed by atoms with van der Waals surface area (Å²) in [5.74, 6) is -0.0119. The maximum atomic E-state index is 12.4. The molecule has 19 heavy (non-hydrogen) atoms. The highest BCUT2D eigenvalue weighted by Crippen LogP contribution is 2.17. The van der Waals surface area contributed by atoms with Crippen molar-refractivity contribution in [2.45, 2.75) is 6.04 Å². The van der Waals surface area contributed by atoms with Crippen molar-refractivity contribution in [1.82, 2.24) is 20.1 Å². The molecule has 1 atom stereocenters. The molecule has 1 aromatic heterocycles. The monoisotopic (exact) mass is 324 g/mol. The number of pyridine rings is 1. The number of carbonyl (C=O) groups excluding carboxylic acids is 2. The number of nitrogens with zero attached hydrogens (tertiary/aromatic N) is 3. The van der Waals surface area contributed by atoms with E-state index >= 15 is 0 Å². The molecular formula is C12H13BrN4O2. The summed E-state index contributed by atoms with van der Waals surface area (Å²) >= 11 is 3.26. The fourth-order valence-corrected chi connectivity index (χ4v) is 2.87. The summed E-state index contributed by atoms with van der Waals surface area (Å²) in [6.07, 6.45) is 1.61. The summed E-state index contributed by atoms with van der Waals surface area (Å²) in [5.41, 5.74) is 0.618. The maximum Gasteiger partial charge on any atom is 0.317 e. The zero-order chi connectivity index (χ0) is 13.4. The zero-order valence-corrected chi connectivity index (χ0v) is 11.8. The number of aromatic nitrogens is 1. The molecule has 6 nitrogen and oxygen atoms in total. The van der Waals surface area contributed by atoms with Crippen LogP contribution in [0.4, 0.5) is 4.79 Å². The predicted octanol–water partition coefficient (Wildman–Crippen LogP) is 0.694. The third-order valence-corrected chi connectivity index (χ3v) is 3.93. The van der Waals surface area contributed by atoms with E-state index in [9.17, 15) is 9.59 Å². The number of amides is 3. The molecule has 0 spiro atoms. The third kappa shape index (κ3) is 2.30. The van der Waals surface area contributed by atoms with Crippen LogP contribution in [0.3, 0.4) is 0 Å². The number of hydrogen-bond donors (Lipinski definition) is 1. The SMILES string of the molecule is O=C(c1ccnc(Br)c1)N1CCN2C(=O)NCC2C1.